The monoisotopic (exact) mass is 283 g/mol. The van der Waals surface area contributed by atoms with E-state index in [0.29, 0.717) is 10.8 Å². The standard InChI is InChI=1S/C20H29N/c1-19(2)12-10-17(16-8-6-5-7-9-16)18(21)11-13-20(3,4)15-14-19/h5-11H,12-15,21H2,1-4H3/b17-10-,18-11+. The first-order chi connectivity index (χ1) is 9.79. The van der Waals surface area contributed by atoms with Gasteiger partial charge < -0.3 is 5.73 Å². The molecule has 0 fully saturated rings. The molecule has 0 bridgehead atoms. The number of hydrogen-bond donors (Lipinski definition) is 1. The summed E-state index contributed by atoms with van der Waals surface area (Å²) in [6, 6.07) is 10.5. The predicted molar refractivity (Wildman–Crippen MR) is 92.7 cm³/mol. The van der Waals surface area contributed by atoms with Gasteiger partial charge in [-0.3, -0.25) is 0 Å². The quantitative estimate of drug-likeness (QED) is 0.719. The van der Waals surface area contributed by atoms with E-state index in [1.165, 1.54) is 24.0 Å². The van der Waals surface area contributed by atoms with Gasteiger partial charge >= 0.3 is 0 Å². The van der Waals surface area contributed by atoms with Gasteiger partial charge in [0.15, 0.2) is 0 Å². The van der Waals surface area contributed by atoms with Crippen molar-refractivity contribution < 1.29 is 0 Å². The molecule has 1 aromatic carbocycles. The highest BCUT2D eigenvalue weighted by Gasteiger charge is 2.25. The van der Waals surface area contributed by atoms with Crippen LogP contribution in [-0.4, -0.2) is 0 Å². The van der Waals surface area contributed by atoms with Crippen molar-refractivity contribution in [2.24, 2.45) is 16.6 Å². The van der Waals surface area contributed by atoms with E-state index < -0.39 is 0 Å². The van der Waals surface area contributed by atoms with Gasteiger partial charge in [-0.25, -0.2) is 0 Å². The molecule has 0 aliphatic heterocycles. The number of allylic oxidation sites excluding steroid dienone is 3. The number of benzene rings is 1. The van der Waals surface area contributed by atoms with E-state index in [1.54, 1.807) is 0 Å². The van der Waals surface area contributed by atoms with Crippen LogP contribution in [0.2, 0.25) is 0 Å². The smallest absolute Gasteiger partial charge is 0.0350 e. The fraction of sp³-hybridized carbons (Fsp3) is 0.500. The van der Waals surface area contributed by atoms with E-state index in [0.717, 1.165) is 18.5 Å². The molecule has 1 heteroatoms. The van der Waals surface area contributed by atoms with Crippen molar-refractivity contribution >= 4 is 5.57 Å². The average Bonchev–Trinajstić information content (AvgIpc) is 2.44. The Morgan fingerprint density at radius 2 is 1.33 bits per heavy atom. The van der Waals surface area contributed by atoms with Gasteiger partial charge in [-0.2, -0.15) is 0 Å². The number of hydrogen-bond acceptors (Lipinski definition) is 1. The van der Waals surface area contributed by atoms with Crippen molar-refractivity contribution in [3.8, 4) is 0 Å². The van der Waals surface area contributed by atoms with Crippen LogP contribution < -0.4 is 5.73 Å². The Morgan fingerprint density at radius 1 is 0.810 bits per heavy atom. The molecule has 0 saturated carbocycles. The first-order valence-electron chi connectivity index (χ1n) is 8.01. The van der Waals surface area contributed by atoms with Crippen LogP contribution in [0, 0.1) is 10.8 Å². The van der Waals surface area contributed by atoms with E-state index in [2.05, 4.69) is 70.2 Å². The molecule has 1 aliphatic rings. The zero-order chi connectivity index (χ0) is 15.5. The van der Waals surface area contributed by atoms with Crippen molar-refractivity contribution in [2.75, 3.05) is 0 Å². The maximum absolute atomic E-state index is 6.40. The summed E-state index contributed by atoms with van der Waals surface area (Å²) in [6.45, 7) is 9.42. The molecular weight excluding hydrogens is 254 g/mol. The zero-order valence-electron chi connectivity index (χ0n) is 13.9. The summed E-state index contributed by atoms with van der Waals surface area (Å²) in [6.07, 6.45) is 9.17. The maximum Gasteiger partial charge on any atom is 0.0350 e. The SMILES string of the molecule is CC1(C)C/C=C(c2ccccc2)\C(N)=C/CC(C)(C)CC1. The zero-order valence-corrected chi connectivity index (χ0v) is 13.9. The second-order valence-corrected chi connectivity index (χ2v) is 7.88. The lowest BCUT2D eigenvalue weighted by Crippen LogP contribution is -2.19. The van der Waals surface area contributed by atoms with Crippen LogP contribution in [0.1, 0.15) is 58.9 Å². The maximum atomic E-state index is 6.40. The second-order valence-electron chi connectivity index (χ2n) is 7.88. The highest BCUT2D eigenvalue weighted by molar-refractivity contribution is 5.78. The third-order valence-corrected chi connectivity index (χ3v) is 4.61. The Labute approximate surface area is 129 Å². The molecule has 21 heavy (non-hydrogen) atoms. The Kier molecular flexibility index (Phi) is 4.61. The Hall–Kier alpha value is -1.50. The molecule has 0 atom stereocenters. The highest BCUT2D eigenvalue weighted by Crippen LogP contribution is 2.38. The van der Waals surface area contributed by atoms with Crippen molar-refractivity contribution in [1.82, 2.24) is 0 Å². The minimum atomic E-state index is 0.320. The van der Waals surface area contributed by atoms with Gasteiger partial charge in [-0.15, -0.1) is 0 Å². The van der Waals surface area contributed by atoms with Gasteiger partial charge in [-0.1, -0.05) is 70.2 Å². The first kappa shape index (κ1) is 15.9. The normalized spacial score (nSPS) is 27.0. The van der Waals surface area contributed by atoms with Crippen LogP contribution in [-0.2, 0) is 0 Å². The van der Waals surface area contributed by atoms with Crippen LogP contribution in [0.5, 0.6) is 0 Å². The topological polar surface area (TPSA) is 26.0 Å². The molecular formula is C20H29N. The van der Waals surface area contributed by atoms with Gasteiger partial charge in [0.1, 0.15) is 0 Å². The molecule has 0 spiro atoms. The summed E-state index contributed by atoms with van der Waals surface area (Å²) in [4.78, 5) is 0. The summed E-state index contributed by atoms with van der Waals surface area (Å²) in [7, 11) is 0. The van der Waals surface area contributed by atoms with Crippen LogP contribution in [0.25, 0.3) is 5.57 Å². The molecule has 0 heterocycles. The third kappa shape index (κ3) is 4.49. The van der Waals surface area contributed by atoms with Crippen molar-refractivity contribution in [3.05, 3.63) is 53.7 Å². The summed E-state index contributed by atoms with van der Waals surface area (Å²) < 4.78 is 0. The molecule has 0 saturated heterocycles. The Morgan fingerprint density at radius 3 is 1.90 bits per heavy atom. The lowest BCUT2D eigenvalue weighted by molar-refractivity contribution is 0.241. The van der Waals surface area contributed by atoms with E-state index in [1.807, 2.05) is 0 Å². The van der Waals surface area contributed by atoms with Crippen LogP contribution >= 0.6 is 0 Å². The molecule has 1 aromatic rings. The molecule has 2 N–H and O–H groups in total. The summed E-state index contributed by atoms with van der Waals surface area (Å²) in [5.74, 6) is 0. The number of rotatable bonds is 1. The summed E-state index contributed by atoms with van der Waals surface area (Å²) in [5.41, 5.74) is 10.4. The summed E-state index contributed by atoms with van der Waals surface area (Å²) in [5, 5.41) is 0. The molecule has 1 nitrogen and oxygen atoms in total. The van der Waals surface area contributed by atoms with Gasteiger partial charge in [0.05, 0.1) is 0 Å². The predicted octanol–water partition coefficient (Wildman–Crippen LogP) is 5.54. The molecule has 0 aromatic heterocycles. The second kappa shape index (κ2) is 6.09. The van der Waals surface area contributed by atoms with Crippen LogP contribution in [0.4, 0.5) is 0 Å². The van der Waals surface area contributed by atoms with E-state index in [9.17, 15) is 0 Å². The molecule has 1 aliphatic carbocycles. The van der Waals surface area contributed by atoms with Crippen molar-refractivity contribution in [2.45, 2.75) is 53.4 Å². The third-order valence-electron chi connectivity index (χ3n) is 4.61. The van der Waals surface area contributed by atoms with E-state index in [-0.39, 0.29) is 0 Å². The largest absolute Gasteiger partial charge is 0.398 e. The highest BCUT2D eigenvalue weighted by atomic mass is 14.6. The fourth-order valence-corrected chi connectivity index (χ4v) is 2.78. The Bertz CT molecular complexity index is 532. The van der Waals surface area contributed by atoms with Gasteiger partial charge in [0.2, 0.25) is 0 Å². The summed E-state index contributed by atoms with van der Waals surface area (Å²) >= 11 is 0. The fourth-order valence-electron chi connectivity index (χ4n) is 2.78. The molecule has 2 rings (SSSR count). The lowest BCUT2D eigenvalue weighted by Gasteiger charge is -2.31. The first-order valence-corrected chi connectivity index (χ1v) is 8.01. The van der Waals surface area contributed by atoms with Gasteiger partial charge in [0.25, 0.3) is 0 Å². The van der Waals surface area contributed by atoms with E-state index >= 15 is 0 Å². The van der Waals surface area contributed by atoms with E-state index in [4.69, 9.17) is 5.73 Å². The minimum absolute atomic E-state index is 0.320. The molecule has 0 unspecified atom stereocenters. The van der Waals surface area contributed by atoms with Crippen LogP contribution in [0.15, 0.2) is 48.2 Å². The van der Waals surface area contributed by atoms with Gasteiger partial charge in [0, 0.05) is 11.3 Å². The lowest BCUT2D eigenvalue weighted by atomic mass is 9.74. The van der Waals surface area contributed by atoms with Crippen molar-refractivity contribution in [1.29, 1.82) is 0 Å². The molecule has 114 valence electrons. The average molecular weight is 283 g/mol. The molecule has 0 radical (unpaired) electrons. The van der Waals surface area contributed by atoms with Crippen LogP contribution in [0.3, 0.4) is 0 Å². The Balaban J connectivity index is 2.41. The van der Waals surface area contributed by atoms with Gasteiger partial charge in [-0.05, 0) is 42.1 Å². The minimum Gasteiger partial charge on any atom is -0.398 e. The van der Waals surface area contributed by atoms with Crippen molar-refractivity contribution in [3.63, 3.8) is 0 Å². The molecule has 0 amide bonds. The number of nitrogens with two attached hydrogens (primary N) is 1.